The Morgan fingerprint density at radius 2 is 1.96 bits per heavy atom. The highest BCUT2D eigenvalue weighted by atomic mass is 19.1. The van der Waals surface area contributed by atoms with Gasteiger partial charge in [-0.05, 0) is 55.5 Å². The lowest BCUT2D eigenvalue weighted by molar-refractivity contribution is 0.0601. The second kappa shape index (κ2) is 6.36. The number of methoxy groups -OCH3 is 1. The summed E-state index contributed by atoms with van der Waals surface area (Å²) in [4.78, 5) is 11.9. The van der Waals surface area contributed by atoms with Crippen molar-refractivity contribution in [2.75, 3.05) is 7.11 Å². The van der Waals surface area contributed by atoms with Gasteiger partial charge in [0.15, 0.2) is 0 Å². The summed E-state index contributed by atoms with van der Waals surface area (Å²) >= 11 is 0. The van der Waals surface area contributed by atoms with Crippen LogP contribution in [0, 0.1) is 5.82 Å². The SMILES string of the molecule is COC(=O)c1ccc2c(c1)c1c(n2Cc2ccccc2F)CCCC1. The highest BCUT2D eigenvalue weighted by Crippen LogP contribution is 2.33. The van der Waals surface area contributed by atoms with E-state index < -0.39 is 0 Å². The first-order valence-corrected chi connectivity index (χ1v) is 8.64. The summed E-state index contributed by atoms with van der Waals surface area (Å²) in [5.41, 5.74) is 4.87. The van der Waals surface area contributed by atoms with Crippen molar-refractivity contribution in [1.29, 1.82) is 0 Å². The summed E-state index contributed by atoms with van der Waals surface area (Å²) in [6.07, 6.45) is 4.28. The Kier molecular flexibility index (Phi) is 4.04. The zero-order valence-corrected chi connectivity index (χ0v) is 14.2. The van der Waals surface area contributed by atoms with E-state index in [1.807, 2.05) is 24.3 Å². The van der Waals surface area contributed by atoms with Gasteiger partial charge in [0.25, 0.3) is 0 Å². The first-order chi connectivity index (χ1) is 12.2. The monoisotopic (exact) mass is 337 g/mol. The third-order valence-electron chi connectivity index (χ3n) is 5.08. The number of nitrogens with zero attached hydrogens (tertiary/aromatic N) is 1. The molecular weight excluding hydrogens is 317 g/mol. The van der Waals surface area contributed by atoms with Crippen LogP contribution in [0.2, 0.25) is 0 Å². The predicted molar refractivity (Wildman–Crippen MR) is 95.4 cm³/mol. The molecule has 0 bridgehead atoms. The summed E-state index contributed by atoms with van der Waals surface area (Å²) in [7, 11) is 1.39. The van der Waals surface area contributed by atoms with Crippen molar-refractivity contribution in [3.05, 3.63) is 70.7 Å². The second-order valence-electron chi connectivity index (χ2n) is 6.53. The number of carbonyl (C=O) groups is 1. The van der Waals surface area contributed by atoms with Gasteiger partial charge in [0.2, 0.25) is 0 Å². The number of hydrogen-bond donors (Lipinski definition) is 0. The summed E-state index contributed by atoms with van der Waals surface area (Å²) < 4.78 is 21.2. The fourth-order valence-corrected chi connectivity index (χ4v) is 3.86. The van der Waals surface area contributed by atoms with Crippen LogP contribution in [0.4, 0.5) is 4.39 Å². The number of esters is 1. The van der Waals surface area contributed by atoms with E-state index in [0.29, 0.717) is 17.7 Å². The smallest absolute Gasteiger partial charge is 0.337 e. The van der Waals surface area contributed by atoms with Crippen LogP contribution >= 0.6 is 0 Å². The molecule has 3 nitrogen and oxygen atoms in total. The molecule has 25 heavy (non-hydrogen) atoms. The van der Waals surface area contributed by atoms with Crippen LogP contribution < -0.4 is 0 Å². The van der Waals surface area contributed by atoms with Gasteiger partial charge in [0, 0.05) is 22.2 Å². The Labute approximate surface area is 146 Å². The molecule has 0 atom stereocenters. The molecule has 0 N–H and O–H groups in total. The molecule has 3 aromatic rings. The number of aromatic nitrogens is 1. The molecule has 0 saturated carbocycles. The maximum Gasteiger partial charge on any atom is 0.337 e. The van der Waals surface area contributed by atoms with Crippen molar-refractivity contribution in [3.63, 3.8) is 0 Å². The molecule has 4 rings (SSSR count). The first kappa shape index (κ1) is 15.9. The zero-order valence-electron chi connectivity index (χ0n) is 14.2. The third kappa shape index (κ3) is 2.72. The van der Waals surface area contributed by atoms with Gasteiger partial charge < -0.3 is 9.30 Å². The molecule has 1 aliphatic rings. The van der Waals surface area contributed by atoms with Crippen LogP contribution in [-0.4, -0.2) is 17.6 Å². The molecule has 4 heteroatoms. The fourth-order valence-electron chi connectivity index (χ4n) is 3.86. The van der Waals surface area contributed by atoms with Crippen LogP contribution in [0.5, 0.6) is 0 Å². The van der Waals surface area contributed by atoms with Crippen molar-refractivity contribution >= 4 is 16.9 Å². The van der Waals surface area contributed by atoms with Gasteiger partial charge in [0.1, 0.15) is 5.82 Å². The van der Waals surface area contributed by atoms with Crippen LogP contribution in [-0.2, 0) is 24.1 Å². The maximum absolute atomic E-state index is 14.2. The third-order valence-corrected chi connectivity index (χ3v) is 5.08. The largest absolute Gasteiger partial charge is 0.465 e. The molecule has 2 aromatic carbocycles. The standard InChI is InChI=1S/C21H20FNO2/c1-25-21(24)14-10-11-20-17(12-14)16-7-3-5-9-19(16)23(20)13-15-6-2-4-8-18(15)22/h2,4,6,8,10-12H,3,5,7,9,13H2,1H3. The van der Waals surface area contributed by atoms with Gasteiger partial charge >= 0.3 is 5.97 Å². The summed E-state index contributed by atoms with van der Waals surface area (Å²) in [6.45, 7) is 0.510. The van der Waals surface area contributed by atoms with Crippen molar-refractivity contribution in [2.24, 2.45) is 0 Å². The van der Waals surface area contributed by atoms with Gasteiger partial charge in [-0.15, -0.1) is 0 Å². The molecule has 0 fully saturated rings. The number of benzene rings is 2. The molecule has 0 spiro atoms. The van der Waals surface area contributed by atoms with E-state index in [4.69, 9.17) is 4.74 Å². The Balaban J connectivity index is 1.88. The molecule has 128 valence electrons. The van der Waals surface area contributed by atoms with Crippen molar-refractivity contribution in [2.45, 2.75) is 32.2 Å². The van der Waals surface area contributed by atoms with Gasteiger partial charge in [-0.3, -0.25) is 0 Å². The molecule has 0 saturated heterocycles. The van der Waals surface area contributed by atoms with Gasteiger partial charge in [-0.1, -0.05) is 18.2 Å². The molecule has 1 aliphatic carbocycles. The van der Waals surface area contributed by atoms with Crippen molar-refractivity contribution in [3.8, 4) is 0 Å². The minimum atomic E-state index is -0.326. The number of carbonyl (C=O) groups excluding carboxylic acids is 1. The quantitative estimate of drug-likeness (QED) is 0.659. The Morgan fingerprint density at radius 1 is 1.16 bits per heavy atom. The summed E-state index contributed by atoms with van der Waals surface area (Å²) in [6, 6.07) is 12.6. The van der Waals surface area contributed by atoms with Crippen LogP contribution in [0.1, 0.15) is 40.0 Å². The molecule has 1 heterocycles. The summed E-state index contributed by atoms with van der Waals surface area (Å²) in [5.74, 6) is -0.506. The number of halogens is 1. The van der Waals surface area contributed by atoms with E-state index in [1.54, 1.807) is 12.1 Å². The number of ether oxygens (including phenoxy) is 1. The summed E-state index contributed by atoms with van der Waals surface area (Å²) in [5, 5.41) is 1.09. The number of fused-ring (bicyclic) bond motifs is 3. The normalized spacial score (nSPS) is 13.7. The molecule has 0 radical (unpaired) electrons. The predicted octanol–water partition coefficient (Wildman–Crippen LogP) is 4.49. The number of hydrogen-bond acceptors (Lipinski definition) is 2. The molecule has 0 unspecified atom stereocenters. The fraction of sp³-hybridized carbons (Fsp3) is 0.286. The lowest BCUT2D eigenvalue weighted by Gasteiger charge is -2.16. The molecular formula is C21H20FNO2. The van der Waals surface area contributed by atoms with E-state index in [-0.39, 0.29) is 11.8 Å². The number of aryl methyl sites for hydroxylation is 1. The van der Waals surface area contributed by atoms with Gasteiger partial charge in [-0.2, -0.15) is 0 Å². The zero-order chi connectivity index (χ0) is 17.4. The van der Waals surface area contributed by atoms with E-state index in [2.05, 4.69) is 4.57 Å². The Bertz CT molecular complexity index is 958. The van der Waals surface area contributed by atoms with E-state index in [9.17, 15) is 9.18 Å². The topological polar surface area (TPSA) is 31.2 Å². The minimum Gasteiger partial charge on any atom is -0.465 e. The van der Waals surface area contributed by atoms with Crippen LogP contribution in [0.15, 0.2) is 42.5 Å². The lowest BCUT2D eigenvalue weighted by Crippen LogP contribution is -2.10. The molecule has 0 aliphatic heterocycles. The lowest BCUT2D eigenvalue weighted by atomic mass is 9.95. The minimum absolute atomic E-state index is 0.180. The molecule has 1 aromatic heterocycles. The van der Waals surface area contributed by atoms with Crippen LogP contribution in [0.25, 0.3) is 10.9 Å². The van der Waals surface area contributed by atoms with Gasteiger partial charge in [-0.25, -0.2) is 9.18 Å². The number of rotatable bonds is 3. The Hall–Kier alpha value is -2.62. The van der Waals surface area contributed by atoms with E-state index in [0.717, 1.165) is 36.6 Å². The Morgan fingerprint density at radius 3 is 2.76 bits per heavy atom. The average molecular weight is 337 g/mol. The highest BCUT2D eigenvalue weighted by Gasteiger charge is 2.21. The maximum atomic E-state index is 14.2. The first-order valence-electron chi connectivity index (χ1n) is 8.64. The van der Waals surface area contributed by atoms with Crippen molar-refractivity contribution in [1.82, 2.24) is 4.57 Å². The van der Waals surface area contributed by atoms with Crippen LogP contribution in [0.3, 0.4) is 0 Å². The molecule has 0 amide bonds. The highest BCUT2D eigenvalue weighted by molar-refractivity contribution is 5.96. The van der Waals surface area contributed by atoms with E-state index in [1.165, 1.54) is 24.4 Å². The van der Waals surface area contributed by atoms with Gasteiger partial charge in [0.05, 0.1) is 19.2 Å². The van der Waals surface area contributed by atoms with E-state index >= 15 is 0 Å². The van der Waals surface area contributed by atoms with Crippen molar-refractivity contribution < 1.29 is 13.9 Å². The average Bonchev–Trinajstić information content (AvgIpc) is 2.96. The second-order valence-corrected chi connectivity index (χ2v) is 6.53.